The van der Waals surface area contributed by atoms with Gasteiger partial charge in [0.15, 0.2) is 11.5 Å². The van der Waals surface area contributed by atoms with Gasteiger partial charge in [0.2, 0.25) is 0 Å². The molecule has 0 fully saturated rings. The molecule has 0 saturated heterocycles. The Kier molecular flexibility index (Phi) is 7.55. The van der Waals surface area contributed by atoms with E-state index in [1.54, 1.807) is 12.1 Å². The summed E-state index contributed by atoms with van der Waals surface area (Å²) in [6.07, 6.45) is 4.92. The lowest BCUT2D eigenvalue weighted by Gasteiger charge is -2.16. The van der Waals surface area contributed by atoms with Gasteiger partial charge in [-0.2, -0.15) is 0 Å². The molecule has 24 heavy (non-hydrogen) atoms. The lowest BCUT2D eigenvalue weighted by atomic mass is 10.0. The monoisotopic (exact) mass is 332 g/mol. The van der Waals surface area contributed by atoms with Crippen molar-refractivity contribution in [3.8, 4) is 11.5 Å². The Morgan fingerprint density at radius 2 is 1.92 bits per heavy atom. The topological polar surface area (TPSA) is 98.7 Å². The number of carboxylic acid groups (broad SMARTS) is 2. The highest BCUT2D eigenvalue weighted by molar-refractivity contribution is 6.14. The number of carboxylic acids is 2. The molecule has 0 aliphatic rings. The number of carbonyl (C=O) groups excluding carboxylic acids is 2. The van der Waals surface area contributed by atoms with Gasteiger partial charge in [0.05, 0.1) is 25.7 Å². The van der Waals surface area contributed by atoms with Crippen molar-refractivity contribution in [2.24, 2.45) is 0 Å². The highest BCUT2D eigenvalue weighted by atomic mass is 16.5. The number of carbonyl (C=O) groups is 2. The van der Waals surface area contributed by atoms with Crippen LogP contribution in [0.1, 0.15) is 30.9 Å². The zero-order valence-corrected chi connectivity index (χ0v) is 13.8. The molecule has 0 atom stereocenters. The molecule has 0 aliphatic carbocycles. The molecule has 130 valence electrons. The maximum Gasteiger partial charge on any atom is 0.164 e. The number of benzene rings is 1. The van der Waals surface area contributed by atoms with Crippen LogP contribution in [0.3, 0.4) is 0 Å². The van der Waals surface area contributed by atoms with Crippen LogP contribution in [0.2, 0.25) is 0 Å². The molecule has 1 rings (SSSR count). The fraction of sp³-hybridized carbons (Fsp3) is 0.333. The molecular formula is C18H20O6-2. The van der Waals surface area contributed by atoms with Crippen molar-refractivity contribution in [3.05, 3.63) is 41.5 Å². The lowest BCUT2D eigenvalue weighted by Crippen LogP contribution is -2.36. The van der Waals surface area contributed by atoms with E-state index in [0.717, 1.165) is 18.9 Å². The highest BCUT2D eigenvalue weighted by Gasteiger charge is 2.13. The first-order valence-corrected chi connectivity index (χ1v) is 7.53. The van der Waals surface area contributed by atoms with Gasteiger partial charge in [0.25, 0.3) is 0 Å². The molecular weight excluding hydrogens is 312 g/mol. The van der Waals surface area contributed by atoms with E-state index < -0.39 is 17.5 Å². The second-order valence-corrected chi connectivity index (χ2v) is 5.04. The summed E-state index contributed by atoms with van der Waals surface area (Å²) in [7, 11) is 1.45. The normalized spacial score (nSPS) is 9.92. The quantitative estimate of drug-likeness (QED) is 0.203. The first-order valence-electron chi connectivity index (χ1n) is 7.53. The third-order valence-corrected chi connectivity index (χ3v) is 3.23. The number of aliphatic carboxylic acids is 2. The number of hydrogen-bond donors (Lipinski definition) is 0. The molecule has 0 aliphatic heterocycles. The minimum Gasteiger partial charge on any atom is -0.545 e. The van der Waals surface area contributed by atoms with Crippen molar-refractivity contribution >= 4 is 18.0 Å². The van der Waals surface area contributed by atoms with Crippen LogP contribution in [-0.4, -0.2) is 25.7 Å². The van der Waals surface area contributed by atoms with E-state index >= 15 is 0 Å². The maximum absolute atomic E-state index is 10.9. The van der Waals surface area contributed by atoms with E-state index in [2.05, 4.69) is 6.58 Å². The molecule has 0 radical (unpaired) electrons. The van der Waals surface area contributed by atoms with E-state index in [4.69, 9.17) is 9.47 Å². The molecule has 6 heteroatoms. The summed E-state index contributed by atoms with van der Waals surface area (Å²) in [5, 5.41) is 21.8. The molecule has 0 amide bonds. The van der Waals surface area contributed by atoms with Crippen molar-refractivity contribution < 1.29 is 29.3 Å². The van der Waals surface area contributed by atoms with Crippen LogP contribution in [0, 0.1) is 0 Å². The summed E-state index contributed by atoms with van der Waals surface area (Å²) in [5.74, 6) is -2.72. The Morgan fingerprint density at radius 3 is 2.42 bits per heavy atom. The van der Waals surface area contributed by atoms with Crippen molar-refractivity contribution in [1.82, 2.24) is 0 Å². The molecule has 0 N–H and O–H groups in total. The van der Waals surface area contributed by atoms with Crippen molar-refractivity contribution in [1.29, 1.82) is 0 Å². The molecule has 0 aromatic heterocycles. The first-order chi connectivity index (χ1) is 11.4. The van der Waals surface area contributed by atoms with Crippen molar-refractivity contribution in [2.75, 3.05) is 13.7 Å². The van der Waals surface area contributed by atoms with Crippen LogP contribution in [-0.2, 0) is 16.0 Å². The standard InChI is InChI=1S/C18H22O6/c1-4-6-8-24-16-13(7-5-2)9-12(11-15(16)23-3)10-14(17(19)20)18(21)22/h5,9-11H,2,4,6-8H2,1,3H3,(H,19,20)(H,21,22)/p-2. The average Bonchev–Trinajstić information content (AvgIpc) is 2.53. The Bertz CT molecular complexity index is 629. The number of allylic oxidation sites excluding steroid dienone is 1. The Morgan fingerprint density at radius 1 is 1.25 bits per heavy atom. The number of methoxy groups -OCH3 is 1. The van der Waals surface area contributed by atoms with Gasteiger partial charge in [-0.05, 0) is 36.6 Å². The summed E-state index contributed by atoms with van der Waals surface area (Å²) >= 11 is 0. The molecule has 6 nitrogen and oxygen atoms in total. The summed E-state index contributed by atoms with van der Waals surface area (Å²) in [4.78, 5) is 21.8. The third kappa shape index (κ3) is 5.15. The van der Waals surface area contributed by atoms with E-state index in [1.165, 1.54) is 13.2 Å². The van der Waals surface area contributed by atoms with Crippen LogP contribution in [0.25, 0.3) is 6.08 Å². The van der Waals surface area contributed by atoms with Crippen LogP contribution >= 0.6 is 0 Å². The predicted octanol–water partition coefficient (Wildman–Crippen LogP) is 0.486. The zero-order valence-electron chi connectivity index (χ0n) is 13.8. The fourth-order valence-electron chi connectivity index (χ4n) is 2.08. The highest BCUT2D eigenvalue weighted by Crippen LogP contribution is 2.34. The van der Waals surface area contributed by atoms with Gasteiger partial charge in [-0.25, -0.2) is 0 Å². The van der Waals surface area contributed by atoms with Gasteiger partial charge in [-0.1, -0.05) is 19.4 Å². The summed E-state index contributed by atoms with van der Waals surface area (Å²) in [6, 6.07) is 3.12. The zero-order chi connectivity index (χ0) is 18.1. The maximum atomic E-state index is 10.9. The number of hydrogen-bond acceptors (Lipinski definition) is 6. The second-order valence-electron chi connectivity index (χ2n) is 5.04. The van der Waals surface area contributed by atoms with Crippen molar-refractivity contribution in [3.63, 3.8) is 0 Å². The SMILES string of the molecule is C=CCc1cc(C=C(C(=O)[O-])C(=O)[O-])cc(OC)c1OCCCC. The van der Waals surface area contributed by atoms with E-state index in [-0.39, 0.29) is 0 Å². The predicted molar refractivity (Wildman–Crippen MR) is 85.3 cm³/mol. The van der Waals surface area contributed by atoms with Gasteiger partial charge in [0.1, 0.15) is 0 Å². The third-order valence-electron chi connectivity index (χ3n) is 3.23. The summed E-state index contributed by atoms with van der Waals surface area (Å²) in [5.41, 5.74) is 0.0962. The lowest BCUT2D eigenvalue weighted by molar-refractivity contribution is -0.311. The Balaban J connectivity index is 3.36. The minimum atomic E-state index is -1.82. The van der Waals surface area contributed by atoms with Gasteiger partial charge in [0, 0.05) is 11.1 Å². The van der Waals surface area contributed by atoms with Crippen LogP contribution in [0.4, 0.5) is 0 Å². The molecule has 0 bridgehead atoms. The van der Waals surface area contributed by atoms with E-state index in [1.807, 2.05) is 6.92 Å². The summed E-state index contributed by atoms with van der Waals surface area (Å²) < 4.78 is 11.0. The van der Waals surface area contributed by atoms with Crippen molar-refractivity contribution in [2.45, 2.75) is 26.2 Å². The van der Waals surface area contributed by atoms with E-state index in [0.29, 0.717) is 35.7 Å². The second kappa shape index (κ2) is 9.39. The van der Waals surface area contributed by atoms with Gasteiger partial charge >= 0.3 is 0 Å². The summed E-state index contributed by atoms with van der Waals surface area (Å²) in [6.45, 7) is 6.23. The number of unbranched alkanes of at least 4 members (excludes halogenated alkanes) is 1. The largest absolute Gasteiger partial charge is 0.545 e. The van der Waals surface area contributed by atoms with Crippen LogP contribution in [0.15, 0.2) is 30.4 Å². The molecule has 0 unspecified atom stereocenters. The minimum absolute atomic E-state index is 0.329. The Hall–Kier alpha value is -2.76. The molecule has 0 spiro atoms. The smallest absolute Gasteiger partial charge is 0.164 e. The van der Waals surface area contributed by atoms with Crippen LogP contribution in [0.5, 0.6) is 11.5 Å². The molecule has 0 heterocycles. The van der Waals surface area contributed by atoms with Crippen LogP contribution < -0.4 is 19.7 Å². The van der Waals surface area contributed by atoms with E-state index in [9.17, 15) is 19.8 Å². The fourth-order valence-corrected chi connectivity index (χ4v) is 2.08. The Labute approximate surface area is 141 Å². The van der Waals surface area contributed by atoms with Gasteiger partial charge in [-0.15, -0.1) is 6.58 Å². The number of rotatable bonds is 10. The average molecular weight is 332 g/mol. The molecule has 1 aromatic carbocycles. The number of ether oxygens (including phenoxy) is 2. The van der Waals surface area contributed by atoms with Gasteiger partial charge in [-0.3, -0.25) is 0 Å². The molecule has 0 saturated carbocycles. The van der Waals surface area contributed by atoms with Gasteiger partial charge < -0.3 is 29.3 Å². The molecule has 1 aromatic rings. The first kappa shape index (κ1) is 19.3.